The summed E-state index contributed by atoms with van der Waals surface area (Å²) in [5, 5.41) is 0. The zero-order valence-electron chi connectivity index (χ0n) is 11.3. The molecule has 1 aliphatic carbocycles. The number of benzene rings is 1. The van der Waals surface area contributed by atoms with Gasteiger partial charge in [-0.3, -0.25) is 0 Å². The molecule has 0 heterocycles. The number of ether oxygens (including phenoxy) is 3. The first-order valence-corrected chi connectivity index (χ1v) is 6.65. The SMILES string of the molecule is COCCCOc1cc(C)ccc1OCC1CC1. The summed E-state index contributed by atoms with van der Waals surface area (Å²) >= 11 is 0. The van der Waals surface area contributed by atoms with Crippen LogP contribution in [0.15, 0.2) is 18.2 Å². The van der Waals surface area contributed by atoms with Crippen molar-refractivity contribution in [2.24, 2.45) is 5.92 Å². The van der Waals surface area contributed by atoms with Gasteiger partial charge in [-0.1, -0.05) is 6.07 Å². The highest BCUT2D eigenvalue weighted by atomic mass is 16.5. The average molecular weight is 250 g/mol. The molecule has 0 aliphatic heterocycles. The smallest absolute Gasteiger partial charge is 0.161 e. The van der Waals surface area contributed by atoms with Crippen LogP contribution in [0.25, 0.3) is 0 Å². The zero-order chi connectivity index (χ0) is 12.8. The van der Waals surface area contributed by atoms with Gasteiger partial charge in [0.05, 0.1) is 13.2 Å². The molecule has 0 aromatic heterocycles. The predicted molar refractivity (Wildman–Crippen MR) is 71.4 cm³/mol. The van der Waals surface area contributed by atoms with Gasteiger partial charge in [-0.05, 0) is 43.4 Å². The fraction of sp³-hybridized carbons (Fsp3) is 0.600. The molecule has 1 aromatic rings. The van der Waals surface area contributed by atoms with Gasteiger partial charge in [0, 0.05) is 20.1 Å². The predicted octanol–water partition coefficient (Wildman–Crippen LogP) is 3.20. The van der Waals surface area contributed by atoms with E-state index in [-0.39, 0.29) is 0 Å². The lowest BCUT2D eigenvalue weighted by atomic mass is 10.2. The Morgan fingerprint density at radius 3 is 2.67 bits per heavy atom. The first-order chi connectivity index (χ1) is 8.79. The molecule has 1 fully saturated rings. The van der Waals surface area contributed by atoms with Crippen molar-refractivity contribution in [3.63, 3.8) is 0 Å². The Labute approximate surface area is 109 Å². The monoisotopic (exact) mass is 250 g/mol. The minimum absolute atomic E-state index is 0.664. The van der Waals surface area contributed by atoms with E-state index in [1.807, 2.05) is 12.1 Å². The van der Waals surface area contributed by atoms with Gasteiger partial charge in [0.25, 0.3) is 0 Å². The first kappa shape index (κ1) is 13.2. The third-order valence-corrected chi connectivity index (χ3v) is 3.02. The zero-order valence-corrected chi connectivity index (χ0v) is 11.3. The molecule has 0 spiro atoms. The third kappa shape index (κ3) is 4.22. The highest BCUT2D eigenvalue weighted by Crippen LogP contribution is 2.33. The molecule has 0 radical (unpaired) electrons. The Kier molecular flexibility index (Phi) is 4.88. The van der Waals surface area contributed by atoms with E-state index in [0.29, 0.717) is 6.61 Å². The maximum Gasteiger partial charge on any atom is 0.161 e. The van der Waals surface area contributed by atoms with Gasteiger partial charge in [0.1, 0.15) is 0 Å². The number of hydrogen-bond donors (Lipinski definition) is 0. The van der Waals surface area contributed by atoms with Crippen LogP contribution in [0, 0.1) is 12.8 Å². The van der Waals surface area contributed by atoms with Crippen LogP contribution in [0.5, 0.6) is 11.5 Å². The molecule has 0 bridgehead atoms. The summed E-state index contributed by atoms with van der Waals surface area (Å²) in [5.74, 6) is 2.48. The van der Waals surface area contributed by atoms with E-state index >= 15 is 0 Å². The molecule has 3 heteroatoms. The molecule has 2 rings (SSSR count). The lowest BCUT2D eigenvalue weighted by Gasteiger charge is -2.13. The summed E-state index contributed by atoms with van der Waals surface area (Å²) in [7, 11) is 1.71. The third-order valence-electron chi connectivity index (χ3n) is 3.02. The molecular weight excluding hydrogens is 228 g/mol. The van der Waals surface area contributed by atoms with Crippen molar-refractivity contribution < 1.29 is 14.2 Å². The summed E-state index contributed by atoms with van der Waals surface area (Å²) < 4.78 is 16.6. The summed E-state index contributed by atoms with van der Waals surface area (Å²) in [4.78, 5) is 0. The standard InChI is InChI=1S/C15H22O3/c1-12-4-7-14(18-11-13-5-6-13)15(10-12)17-9-3-8-16-2/h4,7,10,13H,3,5-6,8-9,11H2,1-2H3. The van der Waals surface area contributed by atoms with Crippen molar-refractivity contribution in [2.75, 3.05) is 26.9 Å². The fourth-order valence-corrected chi connectivity index (χ4v) is 1.72. The minimum atomic E-state index is 0.664. The summed E-state index contributed by atoms with van der Waals surface area (Å²) in [6.45, 7) is 4.27. The molecule has 0 atom stereocenters. The van der Waals surface area contributed by atoms with E-state index in [2.05, 4.69) is 13.0 Å². The van der Waals surface area contributed by atoms with Crippen LogP contribution in [0.2, 0.25) is 0 Å². The van der Waals surface area contributed by atoms with Crippen molar-refractivity contribution >= 4 is 0 Å². The van der Waals surface area contributed by atoms with Gasteiger partial charge < -0.3 is 14.2 Å². The van der Waals surface area contributed by atoms with Crippen LogP contribution in [0.4, 0.5) is 0 Å². The lowest BCUT2D eigenvalue weighted by Crippen LogP contribution is -2.05. The van der Waals surface area contributed by atoms with Crippen LogP contribution in [-0.4, -0.2) is 26.9 Å². The number of hydrogen-bond acceptors (Lipinski definition) is 3. The van der Waals surface area contributed by atoms with Crippen LogP contribution in [0.3, 0.4) is 0 Å². The molecule has 1 aliphatic rings. The van der Waals surface area contributed by atoms with Gasteiger partial charge >= 0.3 is 0 Å². The maximum absolute atomic E-state index is 5.82. The largest absolute Gasteiger partial charge is 0.490 e. The Morgan fingerprint density at radius 2 is 1.94 bits per heavy atom. The van der Waals surface area contributed by atoms with Gasteiger partial charge in [0.2, 0.25) is 0 Å². The van der Waals surface area contributed by atoms with Crippen LogP contribution < -0.4 is 9.47 Å². The molecule has 3 nitrogen and oxygen atoms in total. The number of methoxy groups -OCH3 is 1. The normalized spacial score (nSPS) is 14.6. The van der Waals surface area contributed by atoms with E-state index in [4.69, 9.17) is 14.2 Å². The van der Waals surface area contributed by atoms with Gasteiger partial charge in [-0.15, -0.1) is 0 Å². The summed E-state index contributed by atoms with van der Waals surface area (Å²) in [6, 6.07) is 6.10. The molecule has 0 unspecified atom stereocenters. The summed E-state index contributed by atoms with van der Waals surface area (Å²) in [5.41, 5.74) is 1.19. The fourth-order valence-electron chi connectivity index (χ4n) is 1.72. The highest BCUT2D eigenvalue weighted by molar-refractivity contribution is 5.42. The number of rotatable bonds is 8. The van der Waals surface area contributed by atoms with Crippen molar-refractivity contribution in [3.05, 3.63) is 23.8 Å². The van der Waals surface area contributed by atoms with E-state index in [1.54, 1.807) is 7.11 Å². The minimum Gasteiger partial charge on any atom is -0.490 e. The van der Waals surface area contributed by atoms with Gasteiger partial charge in [-0.2, -0.15) is 0 Å². The lowest BCUT2D eigenvalue weighted by molar-refractivity contribution is 0.169. The molecule has 0 N–H and O–H groups in total. The van der Waals surface area contributed by atoms with E-state index in [0.717, 1.165) is 37.1 Å². The quantitative estimate of drug-likeness (QED) is 0.663. The summed E-state index contributed by atoms with van der Waals surface area (Å²) in [6.07, 6.45) is 3.50. The first-order valence-electron chi connectivity index (χ1n) is 6.65. The van der Waals surface area contributed by atoms with E-state index in [1.165, 1.54) is 18.4 Å². The van der Waals surface area contributed by atoms with E-state index in [9.17, 15) is 0 Å². The highest BCUT2D eigenvalue weighted by Gasteiger charge is 2.22. The molecule has 1 saturated carbocycles. The van der Waals surface area contributed by atoms with Gasteiger partial charge in [0.15, 0.2) is 11.5 Å². The van der Waals surface area contributed by atoms with Crippen molar-refractivity contribution in [1.29, 1.82) is 0 Å². The van der Waals surface area contributed by atoms with E-state index < -0.39 is 0 Å². The van der Waals surface area contributed by atoms with Crippen molar-refractivity contribution in [3.8, 4) is 11.5 Å². The Bertz CT molecular complexity index is 372. The second-order valence-electron chi connectivity index (χ2n) is 4.90. The number of aryl methyl sites for hydroxylation is 1. The van der Waals surface area contributed by atoms with Crippen LogP contribution in [-0.2, 0) is 4.74 Å². The van der Waals surface area contributed by atoms with Crippen molar-refractivity contribution in [2.45, 2.75) is 26.2 Å². The second-order valence-corrected chi connectivity index (χ2v) is 4.90. The average Bonchev–Trinajstić information content (AvgIpc) is 3.17. The van der Waals surface area contributed by atoms with Crippen LogP contribution >= 0.6 is 0 Å². The molecule has 0 saturated heterocycles. The van der Waals surface area contributed by atoms with Crippen molar-refractivity contribution in [1.82, 2.24) is 0 Å². The molecule has 100 valence electrons. The molecule has 1 aromatic carbocycles. The Morgan fingerprint density at radius 1 is 1.11 bits per heavy atom. The molecular formula is C15H22O3. The Hall–Kier alpha value is -1.22. The molecule has 18 heavy (non-hydrogen) atoms. The van der Waals surface area contributed by atoms with Crippen LogP contribution in [0.1, 0.15) is 24.8 Å². The second kappa shape index (κ2) is 6.64. The topological polar surface area (TPSA) is 27.7 Å². The molecule has 0 amide bonds. The van der Waals surface area contributed by atoms with Gasteiger partial charge in [-0.25, -0.2) is 0 Å². The Balaban J connectivity index is 1.89. The maximum atomic E-state index is 5.82.